The van der Waals surface area contributed by atoms with Crippen molar-refractivity contribution in [1.82, 2.24) is 0 Å². The molecule has 0 rings (SSSR count). The molecule has 0 aliphatic heterocycles. The number of carbonyl (C=O) groups excluding carboxylic acids is 1. The molecule has 23 heavy (non-hydrogen) atoms. The summed E-state index contributed by atoms with van der Waals surface area (Å²) in [5, 5.41) is 9.23. The second-order valence-corrected chi connectivity index (χ2v) is 6.34. The Morgan fingerprint density at radius 1 is 0.913 bits per heavy atom. The normalized spacial score (nSPS) is 12.0. The highest BCUT2D eigenvalue weighted by Gasteiger charge is 2.10. The van der Waals surface area contributed by atoms with Crippen molar-refractivity contribution in [2.45, 2.75) is 73.5 Å². The summed E-state index contributed by atoms with van der Waals surface area (Å²) in [6, 6.07) is 0. The average Bonchev–Trinajstić information content (AvgIpc) is 2.40. The van der Waals surface area contributed by atoms with Gasteiger partial charge in [-0.3, -0.25) is 4.79 Å². The summed E-state index contributed by atoms with van der Waals surface area (Å²) >= 11 is 0. The summed E-state index contributed by atoms with van der Waals surface area (Å²) in [7, 11) is 0. The molecule has 1 N–H and O–H groups in total. The van der Waals surface area contributed by atoms with Gasteiger partial charge in [-0.05, 0) is 53.5 Å². The number of aliphatic hydroxyl groups is 1. The third-order valence-electron chi connectivity index (χ3n) is 2.92. The van der Waals surface area contributed by atoms with E-state index in [-0.39, 0.29) is 18.2 Å². The summed E-state index contributed by atoms with van der Waals surface area (Å²) in [5.41, 5.74) is 4.17. The van der Waals surface area contributed by atoms with E-state index in [0.29, 0.717) is 6.42 Å². The summed E-state index contributed by atoms with van der Waals surface area (Å²) in [4.78, 5) is 10.7. The molecule has 0 amide bonds. The molecule has 0 radical (unpaired) electrons. The molecule has 0 bridgehead atoms. The van der Waals surface area contributed by atoms with E-state index < -0.39 is 0 Å². The van der Waals surface area contributed by atoms with Gasteiger partial charge in [0.1, 0.15) is 6.10 Å². The predicted molar refractivity (Wildman–Crippen MR) is 99.3 cm³/mol. The average molecular weight is 322 g/mol. The molecular formula is C20H34O3. The van der Waals surface area contributed by atoms with Crippen molar-refractivity contribution in [2.75, 3.05) is 0 Å². The van der Waals surface area contributed by atoms with E-state index in [0.717, 1.165) is 17.6 Å². The first-order valence-electron chi connectivity index (χ1n) is 7.90. The Morgan fingerprint density at radius 3 is 1.65 bits per heavy atom. The van der Waals surface area contributed by atoms with Crippen LogP contribution >= 0.6 is 0 Å². The first-order valence-corrected chi connectivity index (χ1v) is 7.90. The topological polar surface area (TPSA) is 46.5 Å². The Balaban J connectivity index is 0. The lowest BCUT2D eigenvalue weighted by molar-refractivity contribution is -0.144. The highest BCUT2D eigenvalue weighted by atomic mass is 16.5. The third kappa shape index (κ3) is 16.6. The number of allylic oxidation sites excluding steroid dienone is 2. The lowest BCUT2D eigenvalue weighted by atomic mass is 10.1. The first kappa shape index (κ1) is 23.7. The van der Waals surface area contributed by atoms with Gasteiger partial charge in [0.25, 0.3) is 0 Å². The van der Waals surface area contributed by atoms with Crippen molar-refractivity contribution in [3.8, 4) is 0 Å². The van der Waals surface area contributed by atoms with Crippen molar-refractivity contribution in [3.05, 3.63) is 47.6 Å². The molecule has 0 aromatic heterocycles. The van der Waals surface area contributed by atoms with Gasteiger partial charge in [0.05, 0.1) is 6.10 Å². The molecule has 0 spiro atoms. The van der Waals surface area contributed by atoms with Crippen molar-refractivity contribution >= 4 is 5.97 Å². The summed E-state index contributed by atoms with van der Waals surface area (Å²) < 4.78 is 5.08. The number of hydrogen-bond donors (Lipinski definition) is 1. The molecule has 0 saturated heterocycles. The van der Waals surface area contributed by atoms with Gasteiger partial charge in [-0.2, -0.15) is 0 Å². The van der Waals surface area contributed by atoms with Crippen molar-refractivity contribution in [3.63, 3.8) is 0 Å². The monoisotopic (exact) mass is 322 g/mol. The van der Waals surface area contributed by atoms with Gasteiger partial charge in [0.15, 0.2) is 0 Å². The van der Waals surface area contributed by atoms with Gasteiger partial charge in [-0.1, -0.05) is 42.0 Å². The fraction of sp³-hybridized carbons (Fsp3) is 0.550. The fourth-order valence-electron chi connectivity index (χ4n) is 1.44. The van der Waals surface area contributed by atoms with Crippen LogP contribution in [0, 0.1) is 0 Å². The van der Waals surface area contributed by atoms with Crippen LogP contribution in [0.25, 0.3) is 0 Å². The van der Waals surface area contributed by atoms with Crippen LogP contribution in [0.2, 0.25) is 0 Å². The molecule has 3 heteroatoms. The fourth-order valence-corrected chi connectivity index (χ4v) is 1.44. The molecule has 0 aromatic carbocycles. The summed E-state index contributed by atoms with van der Waals surface area (Å²) in [5.74, 6) is -0.254. The lowest BCUT2D eigenvalue weighted by Crippen LogP contribution is -2.16. The zero-order valence-electron chi connectivity index (χ0n) is 15.9. The quantitative estimate of drug-likeness (QED) is 0.522. The number of esters is 1. The molecule has 0 aromatic rings. The van der Waals surface area contributed by atoms with E-state index in [4.69, 9.17) is 4.74 Å². The molecule has 0 aliphatic carbocycles. The van der Waals surface area contributed by atoms with Crippen LogP contribution in [-0.4, -0.2) is 23.3 Å². The molecule has 2 atom stereocenters. The van der Waals surface area contributed by atoms with Gasteiger partial charge >= 0.3 is 5.97 Å². The molecule has 2 unspecified atom stereocenters. The third-order valence-corrected chi connectivity index (χ3v) is 2.92. The molecule has 3 nitrogen and oxygen atoms in total. The molecule has 0 heterocycles. The second kappa shape index (κ2) is 12.9. The van der Waals surface area contributed by atoms with Gasteiger partial charge in [0, 0.05) is 13.3 Å². The maximum Gasteiger partial charge on any atom is 0.303 e. The molecule has 0 saturated carbocycles. The zero-order chi connectivity index (χ0) is 18.6. The Bertz CT molecular complexity index is 448. The van der Waals surface area contributed by atoms with Crippen LogP contribution in [0.4, 0.5) is 0 Å². The van der Waals surface area contributed by atoms with Gasteiger partial charge in [0.2, 0.25) is 0 Å². The Labute approximate surface area is 142 Å². The van der Waals surface area contributed by atoms with Gasteiger partial charge in [-0.25, -0.2) is 0 Å². The number of hydrogen-bond acceptors (Lipinski definition) is 3. The van der Waals surface area contributed by atoms with E-state index in [1.165, 1.54) is 18.1 Å². The van der Waals surface area contributed by atoms with E-state index in [1.54, 1.807) is 0 Å². The molecule has 0 aliphatic rings. The van der Waals surface area contributed by atoms with Gasteiger partial charge in [-0.15, -0.1) is 0 Å². The summed E-state index contributed by atoms with van der Waals surface area (Å²) in [6.45, 7) is 20.6. The number of carbonyl (C=O) groups is 1. The summed E-state index contributed by atoms with van der Waals surface area (Å²) in [6.07, 6.45) is 4.93. The number of rotatable bonds is 7. The number of ether oxygens (including phenoxy) is 1. The number of aliphatic hydroxyl groups excluding tert-OH is 1. The Morgan fingerprint density at radius 2 is 1.35 bits per heavy atom. The largest absolute Gasteiger partial charge is 0.458 e. The van der Waals surface area contributed by atoms with E-state index in [9.17, 15) is 9.90 Å². The predicted octanol–water partition coefficient (Wildman–Crippen LogP) is 5.13. The maximum atomic E-state index is 10.7. The second-order valence-electron chi connectivity index (χ2n) is 6.34. The minimum Gasteiger partial charge on any atom is -0.458 e. The van der Waals surface area contributed by atoms with Crippen LogP contribution in [0.1, 0.15) is 61.3 Å². The standard InChI is InChI=1S/C11H18O2.C9H16O/c1-8(2)6-7-11(9(3)4)13-10(5)12;1-7(2)5-6-9(10)8(3)4/h6,11H,3,7H2,1-2,4-5H3;5,9-10H,3,6H2,1-2,4H3. The van der Waals surface area contributed by atoms with E-state index in [2.05, 4.69) is 13.2 Å². The van der Waals surface area contributed by atoms with Crippen molar-refractivity contribution < 1.29 is 14.6 Å². The zero-order valence-corrected chi connectivity index (χ0v) is 15.9. The highest BCUT2D eigenvalue weighted by Crippen LogP contribution is 2.11. The lowest BCUT2D eigenvalue weighted by Gasteiger charge is -2.15. The van der Waals surface area contributed by atoms with Crippen LogP contribution in [0.5, 0.6) is 0 Å². The SMILES string of the molecule is C=C(C)C(CC=C(C)C)OC(C)=O.C=C(C)C(O)CC=C(C)C. The van der Waals surface area contributed by atoms with Crippen LogP contribution in [0.3, 0.4) is 0 Å². The molecule has 0 fully saturated rings. The maximum absolute atomic E-state index is 10.7. The highest BCUT2D eigenvalue weighted by molar-refractivity contribution is 5.66. The molecule has 132 valence electrons. The van der Waals surface area contributed by atoms with Crippen LogP contribution in [0.15, 0.2) is 47.6 Å². The smallest absolute Gasteiger partial charge is 0.303 e. The van der Waals surface area contributed by atoms with Crippen LogP contribution in [-0.2, 0) is 9.53 Å². The van der Waals surface area contributed by atoms with Crippen molar-refractivity contribution in [2.24, 2.45) is 0 Å². The Hall–Kier alpha value is -1.61. The van der Waals surface area contributed by atoms with Gasteiger partial charge < -0.3 is 9.84 Å². The van der Waals surface area contributed by atoms with Crippen LogP contribution < -0.4 is 0 Å². The molecular weight excluding hydrogens is 288 g/mol. The Kier molecular flexibility index (Phi) is 13.3. The minimum atomic E-state index is -0.366. The van der Waals surface area contributed by atoms with Crippen molar-refractivity contribution in [1.29, 1.82) is 0 Å². The van der Waals surface area contributed by atoms with E-state index >= 15 is 0 Å². The van der Waals surface area contributed by atoms with E-state index in [1.807, 2.05) is 53.7 Å². The first-order chi connectivity index (χ1) is 10.5. The minimum absolute atomic E-state index is 0.174.